The minimum atomic E-state index is -4.08. The highest BCUT2D eigenvalue weighted by molar-refractivity contribution is 7.87. The highest BCUT2D eigenvalue weighted by atomic mass is 32.2. The molecule has 0 aliphatic heterocycles. The zero-order valence-corrected chi connectivity index (χ0v) is 19.9. The number of hydrogen-bond acceptors (Lipinski definition) is 8. The number of nitrogens with zero attached hydrogens (tertiary/aromatic N) is 1. The Morgan fingerprint density at radius 2 is 1.66 bits per heavy atom. The summed E-state index contributed by atoms with van der Waals surface area (Å²) in [6, 6.07) is 14.5. The fourth-order valence-electron chi connectivity index (χ4n) is 3.15. The van der Waals surface area contributed by atoms with Crippen molar-refractivity contribution >= 4 is 33.4 Å². The first-order chi connectivity index (χ1) is 16.5. The van der Waals surface area contributed by atoms with Gasteiger partial charge >= 0.3 is 16.1 Å². The van der Waals surface area contributed by atoms with Crippen LogP contribution in [0.1, 0.15) is 27.0 Å². The van der Waals surface area contributed by atoms with Crippen LogP contribution in [0.15, 0.2) is 65.6 Å². The van der Waals surface area contributed by atoms with Gasteiger partial charge in [0.1, 0.15) is 16.3 Å². The van der Waals surface area contributed by atoms with E-state index < -0.39 is 33.5 Å². The number of anilines is 1. The van der Waals surface area contributed by atoms with Gasteiger partial charge in [-0.1, -0.05) is 24.3 Å². The number of rotatable bonds is 8. The van der Waals surface area contributed by atoms with Crippen LogP contribution in [-0.2, 0) is 19.6 Å². The zero-order valence-electron chi connectivity index (χ0n) is 19.1. The van der Waals surface area contributed by atoms with Crippen LogP contribution in [0.25, 0.3) is 0 Å². The topological polar surface area (TPSA) is 142 Å². The standard InChI is InChI=1S/C24H22N2O8S/c1-15-7-8-16(2)21(13-15)35(31,32)34-19-11-9-18(10-12-19)24(28)33-14-22(27)25-23-17(3)5-4-6-20(23)26(29)30/h4-13H,14H2,1-3H3,(H,25,27). The van der Waals surface area contributed by atoms with Crippen LogP contribution in [-0.4, -0.2) is 31.8 Å². The average molecular weight is 499 g/mol. The summed E-state index contributed by atoms with van der Waals surface area (Å²) in [6.07, 6.45) is 0. The minimum absolute atomic E-state index is 0.00735. The van der Waals surface area contributed by atoms with Crippen molar-refractivity contribution in [2.45, 2.75) is 25.7 Å². The van der Waals surface area contributed by atoms with Crippen LogP contribution in [0.2, 0.25) is 0 Å². The van der Waals surface area contributed by atoms with Gasteiger partial charge in [0.25, 0.3) is 11.6 Å². The molecule has 10 nitrogen and oxygen atoms in total. The smallest absolute Gasteiger partial charge is 0.339 e. The lowest BCUT2D eigenvalue weighted by Crippen LogP contribution is -2.22. The Morgan fingerprint density at radius 3 is 2.31 bits per heavy atom. The SMILES string of the molecule is Cc1ccc(C)c(S(=O)(=O)Oc2ccc(C(=O)OCC(=O)Nc3c(C)cccc3[N+](=O)[O-])cc2)c1. The van der Waals surface area contributed by atoms with Gasteiger partial charge in [-0.2, -0.15) is 8.42 Å². The third kappa shape index (κ3) is 6.21. The van der Waals surface area contributed by atoms with Gasteiger partial charge in [-0.25, -0.2) is 4.79 Å². The van der Waals surface area contributed by atoms with E-state index in [1.165, 1.54) is 42.5 Å². The summed E-state index contributed by atoms with van der Waals surface area (Å²) in [5.74, 6) is -1.61. The molecular formula is C24H22N2O8S. The molecule has 11 heteroatoms. The summed E-state index contributed by atoms with van der Waals surface area (Å²) in [5.41, 5.74) is 1.56. The van der Waals surface area contributed by atoms with Crippen molar-refractivity contribution in [1.82, 2.24) is 0 Å². The van der Waals surface area contributed by atoms with Gasteiger partial charge in [-0.05, 0) is 67.8 Å². The molecule has 0 spiro atoms. The molecule has 0 heterocycles. The molecule has 0 radical (unpaired) electrons. The van der Waals surface area contributed by atoms with E-state index in [0.29, 0.717) is 11.1 Å². The highest BCUT2D eigenvalue weighted by Crippen LogP contribution is 2.27. The Hall–Kier alpha value is -4.25. The van der Waals surface area contributed by atoms with Crippen molar-refractivity contribution in [2.75, 3.05) is 11.9 Å². The fraction of sp³-hybridized carbons (Fsp3) is 0.167. The fourth-order valence-corrected chi connectivity index (χ4v) is 4.40. The second-order valence-corrected chi connectivity index (χ2v) is 9.20. The predicted molar refractivity (Wildman–Crippen MR) is 127 cm³/mol. The van der Waals surface area contributed by atoms with E-state index in [4.69, 9.17) is 8.92 Å². The van der Waals surface area contributed by atoms with Gasteiger partial charge in [0, 0.05) is 6.07 Å². The molecule has 0 fully saturated rings. The number of para-hydroxylation sites is 1. The third-order valence-corrected chi connectivity index (χ3v) is 6.35. The van der Waals surface area contributed by atoms with E-state index in [2.05, 4.69) is 5.32 Å². The number of benzene rings is 3. The molecule has 3 aromatic carbocycles. The number of aryl methyl sites for hydroxylation is 3. The molecule has 1 amide bonds. The Balaban J connectivity index is 1.62. The molecule has 35 heavy (non-hydrogen) atoms. The van der Waals surface area contributed by atoms with E-state index in [1.54, 1.807) is 39.0 Å². The molecule has 0 saturated heterocycles. The molecule has 3 aromatic rings. The number of nitrogens with one attached hydrogen (secondary N) is 1. The number of carbonyl (C=O) groups excluding carboxylic acids is 2. The first kappa shape index (κ1) is 25.4. The van der Waals surface area contributed by atoms with Crippen molar-refractivity contribution in [1.29, 1.82) is 0 Å². The lowest BCUT2D eigenvalue weighted by atomic mass is 10.1. The van der Waals surface area contributed by atoms with Gasteiger partial charge in [-0.15, -0.1) is 0 Å². The van der Waals surface area contributed by atoms with E-state index in [0.717, 1.165) is 5.56 Å². The molecule has 0 saturated carbocycles. The molecule has 0 aliphatic carbocycles. The summed E-state index contributed by atoms with van der Waals surface area (Å²) in [5, 5.41) is 13.5. The van der Waals surface area contributed by atoms with Crippen LogP contribution in [0.3, 0.4) is 0 Å². The average Bonchev–Trinajstić information content (AvgIpc) is 2.80. The summed E-state index contributed by atoms with van der Waals surface area (Å²) in [6.45, 7) is 4.34. The zero-order chi connectivity index (χ0) is 25.8. The molecular weight excluding hydrogens is 476 g/mol. The second kappa shape index (κ2) is 10.3. The normalized spacial score (nSPS) is 10.9. The number of hydrogen-bond donors (Lipinski definition) is 1. The first-order valence-electron chi connectivity index (χ1n) is 10.3. The number of amides is 1. The van der Waals surface area contributed by atoms with Crippen molar-refractivity contribution in [3.63, 3.8) is 0 Å². The predicted octanol–water partition coefficient (Wildman–Crippen LogP) is 4.08. The number of ether oxygens (including phenoxy) is 1. The number of carbonyl (C=O) groups is 2. The highest BCUT2D eigenvalue weighted by Gasteiger charge is 2.21. The first-order valence-corrected chi connectivity index (χ1v) is 11.7. The summed E-state index contributed by atoms with van der Waals surface area (Å²) < 4.78 is 35.3. The molecule has 0 aliphatic rings. The Kier molecular flexibility index (Phi) is 7.50. The maximum Gasteiger partial charge on any atom is 0.339 e. The summed E-state index contributed by atoms with van der Waals surface area (Å²) in [7, 11) is -4.08. The Labute approximate surface area is 201 Å². The van der Waals surface area contributed by atoms with Crippen LogP contribution < -0.4 is 9.50 Å². The van der Waals surface area contributed by atoms with Crippen molar-refractivity contribution in [3.05, 3.63) is 93.0 Å². The number of esters is 1. The number of nitro benzene ring substituents is 1. The van der Waals surface area contributed by atoms with E-state index in [1.807, 2.05) is 0 Å². The van der Waals surface area contributed by atoms with Gasteiger partial charge in [0.15, 0.2) is 6.61 Å². The quantitative estimate of drug-likeness (QED) is 0.212. The van der Waals surface area contributed by atoms with Crippen LogP contribution >= 0.6 is 0 Å². The monoisotopic (exact) mass is 498 g/mol. The lowest BCUT2D eigenvalue weighted by Gasteiger charge is -2.11. The van der Waals surface area contributed by atoms with Gasteiger partial charge < -0.3 is 14.2 Å². The van der Waals surface area contributed by atoms with Gasteiger partial charge in [-0.3, -0.25) is 14.9 Å². The molecule has 0 atom stereocenters. The molecule has 0 unspecified atom stereocenters. The van der Waals surface area contributed by atoms with Gasteiger partial charge in [0.05, 0.1) is 10.5 Å². The lowest BCUT2D eigenvalue weighted by molar-refractivity contribution is -0.384. The van der Waals surface area contributed by atoms with Crippen LogP contribution in [0.4, 0.5) is 11.4 Å². The summed E-state index contributed by atoms with van der Waals surface area (Å²) in [4.78, 5) is 35.0. The van der Waals surface area contributed by atoms with E-state index in [-0.39, 0.29) is 27.6 Å². The molecule has 182 valence electrons. The minimum Gasteiger partial charge on any atom is -0.452 e. The Morgan fingerprint density at radius 1 is 0.971 bits per heavy atom. The maximum absolute atomic E-state index is 12.6. The van der Waals surface area contributed by atoms with Crippen molar-refractivity contribution < 1.29 is 31.9 Å². The van der Waals surface area contributed by atoms with Crippen LogP contribution in [0.5, 0.6) is 5.75 Å². The molecule has 0 bridgehead atoms. The largest absolute Gasteiger partial charge is 0.452 e. The maximum atomic E-state index is 12.6. The third-order valence-electron chi connectivity index (χ3n) is 4.96. The summed E-state index contributed by atoms with van der Waals surface area (Å²) >= 11 is 0. The second-order valence-electron chi connectivity index (χ2n) is 7.68. The molecule has 3 rings (SSSR count). The molecule has 1 N–H and O–H groups in total. The van der Waals surface area contributed by atoms with Gasteiger partial charge in [0.2, 0.25) is 0 Å². The van der Waals surface area contributed by atoms with Crippen molar-refractivity contribution in [3.8, 4) is 5.75 Å². The number of nitro groups is 1. The van der Waals surface area contributed by atoms with Crippen LogP contribution in [0, 0.1) is 30.9 Å². The van der Waals surface area contributed by atoms with E-state index >= 15 is 0 Å². The Bertz CT molecular complexity index is 1400. The van der Waals surface area contributed by atoms with Crippen molar-refractivity contribution in [2.24, 2.45) is 0 Å². The molecule has 0 aromatic heterocycles. The van der Waals surface area contributed by atoms with E-state index in [9.17, 15) is 28.1 Å².